The number of benzene rings is 4. The van der Waals surface area contributed by atoms with Crippen LogP contribution in [0.4, 0.5) is 0 Å². The Kier molecular flexibility index (Phi) is 14.6. The number of carbonyl (C=O) groups excluding carboxylic acids is 3. The maximum absolute atomic E-state index is 13.4. The Labute approximate surface area is 412 Å². The second-order valence-electron chi connectivity index (χ2n) is 15.5. The van der Waals surface area contributed by atoms with Crippen LogP contribution >= 0.6 is 69.1 Å². The number of ether oxygens (including phenoxy) is 2. The van der Waals surface area contributed by atoms with Gasteiger partial charge in [0.05, 0.1) is 30.4 Å². The summed E-state index contributed by atoms with van der Waals surface area (Å²) < 4.78 is 12.6. The molecule has 4 N–H and O–H groups in total. The Morgan fingerprint density at radius 3 is 1.58 bits per heavy atom. The highest BCUT2D eigenvalue weighted by molar-refractivity contribution is 7.22. The van der Waals surface area contributed by atoms with E-state index in [2.05, 4.69) is 15.3 Å². The zero-order chi connectivity index (χ0) is 47.5. The van der Waals surface area contributed by atoms with Gasteiger partial charge in [-0.25, -0.2) is 4.79 Å². The minimum absolute atomic E-state index is 0.00914. The Morgan fingerprint density at radius 1 is 0.642 bits per heavy atom. The van der Waals surface area contributed by atoms with Gasteiger partial charge in [0, 0.05) is 106 Å². The fraction of sp³-hybridized carbons (Fsp3) is 0.160. The monoisotopic (exact) mass is 1010 g/mol. The molecule has 8 aromatic rings. The van der Waals surface area contributed by atoms with Crippen molar-refractivity contribution in [1.29, 1.82) is 0 Å². The number of aromatic carboxylic acids is 1. The van der Waals surface area contributed by atoms with Crippen molar-refractivity contribution < 1.29 is 33.8 Å². The number of nitrogens with two attached hydrogens (primary N) is 1. The van der Waals surface area contributed by atoms with Crippen molar-refractivity contribution in [2.75, 3.05) is 13.2 Å². The first-order valence-corrected chi connectivity index (χ1v) is 23.8. The number of aromatic nitrogens is 2. The van der Waals surface area contributed by atoms with Gasteiger partial charge < -0.3 is 25.6 Å². The van der Waals surface area contributed by atoms with Crippen molar-refractivity contribution in [3.63, 3.8) is 0 Å². The number of rotatable bonds is 7. The number of carboxylic acids is 1. The van der Waals surface area contributed by atoms with Crippen LogP contribution in [0.3, 0.4) is 0 Å². The molecular weight excluding hydrogens is 975 g/mol. The van der Waals surface area contributed by atoms with Crippen LogP contribution < -0.4 is 20.5 Å². The van der Waals surface area contributed by atoms with Crippen LogP contribution in [0.25, 0.3) is 42.4 Å². The largest absolute Gasteiger partial charge is 0.493 e. The number of carbonyl (C=O) groups is 4. The molecule has 0 radical (unpaired) electrons. The summed E-state index contributed by atoms with van der Waals surface area (Å²) in [4.78, 5) is 58.2. The molecule has 0 aliphatic carbocycles. The van der Waals surface area contributed by atoms with Crippen molar-refractivity contribution >= 4 is 113 Å². The highest BCUT2D eigenvalue weighted by Gasteiger charge is 2.29. The average molecular weight is 1010 g/mol. The van der Waals surface area contributed by atoms with Crippen LogP contribution in [0.15, 0.2) is 110 Å². The van der Waals surface area contributed by atoms with E-state index in [4.69, 9.17) is 61.6 Å². The lowest BCUT2D eigenvalue weighted by Gasteiger charge is -2.26. The first-order chi connectivity index (χ1) is 32.2. The summed E-state index contributed by atoms with van der Waals surface area (Å²) in [5, 5.41) is 15.5. The smallest absolute Gasteiger partial charge is 0.346 e. The number of amides is 1. The zero-order valence-corrected chi connectivity index (χ0v) is 40.2. The van der Waals surface area contributed by atoms with Gasteiger partial charge in [-0.2, -0.15) is 0 Å². The van der Waals surface area contributed by atoms with Gasteiger partial charge >= 0.3 is 5.97 Å². The Morgan fingerprint density at radius 2 is 1.09 bits per heavy atom. The lowest BCUT2D eigenvalue weighted by molar-refractivity contribution is 0.0697. The van der Waals surface area contributed by atoms with Crippen LogP contribution in [0.1, 0.15) is 90.0 Å². The standard InChI is InChI=1S/C25H18Cl2N2O3S.C16H9Cl2NO3S.C9H11NO/c1-13(30)22-19-12-28-11-18(14-8-15(26)10-16(27)9-14)23(19)33-24(22)25(31)29-20-6-7-32-21-5-3-2-4-17(20)21;1-7(20)13-12-6-19-5-11(14(12)23-15(13)16(21)22)8-2-9(17)4-10(18)3-8;10-8-5-6-11-9-4-2-1-3-7(8)9/h2-5,8-12,20H,6-7H2,1H3,(H,29,31);2-6H,1H3,(H,21,22);1-4,8H,5-6,10H2/t20-;;8-/m0.0/s1. The highest BCUT2D eigenvalue weighted by atomic mass is 35.5. The third-order valence-corrected chi connectivity index (χ3v) is 14.3. The molecule has 2 atom stereocenters. The van der Waals surface area contributed by atoms with Crippen molar-refractivity contribution in [2.24, 2.45) is 5.73 Å². The maximum Gasteiger partial charge on any atom is 0.346 e. The van der Waals surface area contributed by atoms with Crippen molar-refractivity contribution in [1.82, 2.24) is 15.3 Å². The number of carboxylic acid groups (broad SMARTS) is 1. The lowest BCUT2D eigenvalue weighted by atomic mass is 10.00. The van der Waals surface area contributed by atoms with Gasteiger partial charge in [-0.15, -0.1) is 22.7 Å². The van der Waals surface area contributed by atoms with E-state index < -0.39 is 5.97 Å². The zero-order valence-electron chi connectivity index (χ0n) is 35.6. The first kappa shape index (κ1) is 47.6. The van der Waals surface area contributed by atoms with Crippen molar-refractivity contribution in [3.8, 4) is 33.8 Å². The number of para-hydroxylation sites is 2. The summed E-state index contributed by atoms with van der Waals surface area (Å²) >= 11 is 26.8. The predicted molar refractivity (Wildman–Crippen MR) is 267 cm³/mol. The van der Waals surface area contributed by atoms with Crippen LogP contribution in [-0.4, -0.2) is 51.7 Å². The van der Waals surface area contributed by atoms with Gasteiger partial charge in [-0.05, 0) is 73.5 Å². The normalized spacial score (nSPS) is 14.8. The van der Waals surface area contributed by atoms with E-state index in [9.17, 15) is 24.3 Å². The molecule has 17 heteroatoms. The van der Waals surface area contributed by atoms with E-state index in [1.165, 1.54) is 31.4 Å². The Bertz CT molecular complexity index is 3210. The number of ketones is 2. The third-order valence-electron chi connectivity index (χ3n) is 10.9. The lowest BCUT2D eigenvalue weighted by Crippen LogP contribution is -2.32. The van der Waals surface area contributed by atoms with Crippen LogP contribution in [0, 0.1) is 0 Å². The number of fused-ring (bicyclic) bond motifs is 4. The molecule has 11 nitrogen and oxygen atoms in total. The molecule has 0 fully saturated rings. The van der Waals surface area contributed by atoms with E-state index in [-0.39, 0.29) is 40.0 Å². The number of nitrogens with one attached hydrogen (secondary N) is 1. The summed E-state index contributed by atoms with van der Waals surface area (Å²) in [6.45, 7) is 4.07. The third kappa shape index (κ3) is 10.3. The maximum atomic E-state index is 13.4. The quantitative estimate of drug-likeness (QED) is 0.131. The first-order valence-electron chi connectivity index (χ1n) is 20.7. The molecule has 4 aromatic heterocycles. The van der Waals surface area contributed by atoms with E-state index in [0.717, 1.165) is 62.8 Å². The molecule has 6 heterocycles. The molecule has 0 saturated carbocycles. The van der Waals surface area contributed by atoms with E-state index in [1.54, 1.807) is 55.0 Å². The molecule has 0 unspecified atom stereocenters. The van der Waals surface area contributed by atoms with Gasteiger partial charge in [-0.3, -0.25) is 24.4 Å². The number of thiophene rings is 2. The Balaban J connectivity index is 0.000000154. The molecule has 2 aliphatic heterocycles. The summed E-state index contributed by atoms with van der Waals surface area (Å²) in [6.07, 6.45) is 8.01. The number of nitrogens with zero attached hydrogens (tertiary/aromatic N) is 2. The minimum Gasteiger partial charge on any atom is -0.493 e. The number of Topliss-reactive ketones (excluding diaryl/α,β-unsaturated/α-hetero) is 2. The number of pyridine rings is 2. The molecule has 2 aliphatic rings. The van der Waals surface area contributed by atoms with Gasteiger partial charge in [0.25, 0.3) is 5.91 Å². The molecule has 340 valence electrons. The van der Waals surface area contributed by atoms with Gasteiger partial charge in [0.15, 0.2) is 11.6 Å². The molecule has 0 spiro atoms. The second kappa shape index (κ2) is 20.5. The number of halogens is 4. The van der Waals surface area contributed by atoms with Gasteiger partial charge in [0.1, 0.15) is 21.3 Å². The topological polar surface area (TPSA) is 171 Å². The summed E-state index contributed by atoms with van der Waals surface area (Å²) in [6, 6.07) is 25.9. The van der Waals surface area contributed by atoms with Crippen molar-refractivity contribution in [3.05, 3.63) is 162 Å². The molecule has 0 saturated heterocycles. The van der Waals surface area contributed by atoms with Crippen LogP contribution in [0.2, 0.25) is 20.1 Å². The fourth-order valence-corrected chi connectivity index (χ4v) is 11.5. The number of hydrogen-bond donors (Lipinski definition) is 3. The van der Waals surface area contributed by atoms with E-state index in [0.29, 0.717) is 70.2 Å². The molecule has 10 rings (SSSR count). The second-order valence-corrected chi connectivity index (χ2v) is 19.2. The molecule has 4 aromatic carbocycles. The van der Waals surface area contributed by atoms with Crippen LogP contribution in [-0.2, 0) is 0 Å². The molecule has 1 amide bonds. The Hall–Kier alpha value is -5.90. The van der Waals surface area contributed by atoms with E-state index >= 15 is 0 Å². The molecular formula is C50H38Cl4N4O7S2. The predicted octanol–water partition coefficient (Wildman–Crippen LogP) is 13.4. The summed E-state index contributed by atoms with van der Waals surface area (Å²) in [5.41, 5.74) is 11.4. The van der Waals surface area contributed by atoms with E-state index in [1.807, 2.05) is 48.5 Å². The fourth-order valence-electron chi connectivity index (χ4n) is 7.95. The minimum atomic E-state index is -1.13. The van der Waals surface area contributed by atoms with Gasteiger partial charge in [0.2, 0.25) is 0 Å². The van der Waals surface area contributed by atoms with Crippen LogP contribution in [0.5, 0.6) is 11.5 Å². The SMILES string of the molecule is CC(=O)c1c(C(=O)N[C@H]2CCOc3ccccc32)sc2c(-c3cc(Cl)cc(Cl)c3)cncc12.CC(=O)c1c(C(=O)O)sc2c(-c3cc(Cl)cc(Cl)c3)cncc12.N[C@H]1CCOc2ccccc21. The number of hydrogen-bond acceptors (Lipinski definition) is 11. The highest BCUT2D eigenvalue weighted by Crippen LogP contribution is 2.42. The summed E-state index contributed by atoms with van der Waals surface area (Å²) in [7, 11) is 0. The summed E-state index contributed by atoms with van der Waals surface area (Å²) in [5.74, 6) is -0.212. The average Bonchev–Trinajstić information content (AvgIpc) is 3.90. The molecule has 0 bridgehead atoms. The van der Waals surface area contributed by atoms with Crippen molar-refractivity contribution in [2.45, 2.75) is 38.8 Å². The van der Waals surface area contributed by atoms with Gasteiger partial charge in [-0.1, -0.05) is 82.8 Å². The molecule has 67 heavy (non-hydrogen) atoms.